The van der Waals surface area contributed by atoms with Gasteiger partial charge in [-0.1, -0.05) is 6.07 Å². The Balaban J connectivity index is 2.40. The minimum atomic E-state index is -3.49. The molecule has 5 nitrogen and oxygen atoms in total. The largest absolute Gasteiger partial charge is 0.398 e. The van der Waals surface area contributed by atoms with E-state index in [-0.39, 0.29) is 12.5 Å². The fourth-order valence-corrected chi connectivity index (χ4v) is 4.25. The van der Waals surface area contributed by atoms with Crippen LogP contribution in [0, 0.1) is 19.8 Å². The summed E-state index contributed by atoms with van der Waals surface area (Å²) < 4.78 is 26.3. The Morgan fingerprint density at radius 2 is 2.00 bits per heavy atom. The van der Waals surface area contributed by atoms with Crippen LogP contribution < -0.4 is 5.73 Å². The molecule has 100 valence electrons. The lowest BCUT2D eigenvalue weighted by atomic mass is 10.1. The van der Waals surface area contributed by atoms with Crippen molar-refractivity contribution in [2.45, 2.75) is 18.7 Å². The second-order valence-corrected chi connectivity index (χ2v) is 6.67. The number of sulfonamides is 1. The summed E-state index contributed by atoms with van der Waals surface area (Å²) in [6.45, 7) is 4.28. The van der Waals surface area contributed by atoms with Crippen molar-refractivity contribution < 1.29 is 13.5 Å². The molecule has 0 amide bonds. The molecule has 1 fully saturated rings. The molecule has 1 aliphatic rings. The molecular formula is C12H18N2O3S. The SMILES string of the molecule is Cc1ccc(N)c(C)c1S(=O)(=O)N1CC(CO)C1. The smallest absolute Gasteiger partial charge is 0.243 e. The van der Waals surface area contributed by atoms with Crippen LogP contribution in [0.4, 0.5) is 5.69 Å². The molecule has 1 heterocycles. The zero-order valence-electron chi connectivity index (χ0n) is 10.5. The molecule has 2 rings (SSSR count). The summed E-state index contributed by atoms with van der Waals surface area (Å²) in [7, 11) is -3.49. The highest BCUT2D eigenvalue weighted by molar-refractivity contribution is 7.89. The first-order valence-corrected chi connectivity index (χ1v) is 7.28. The third-order valence-corrected chi connectivity index (χ3v) is 5.55. The standard InChI is InChI=1S/C12H18N2O3S/c1-8-3-4-11(13)9(2)12(8)18(16,17)14-5-10(6-14)7-15/h3-4,10,15H,5-7,13H2,1-2H3. The van der Waals surface area contributed by atoms with Gasteiger partial charge in [-0.3, -0.25) is 0 Å². The fraction of sp³-hybridized carbons (Fsp3) is 0.500. The van der Waals surface area contributed by atoms with Gasteiger partial charge >= 0.3 is 0 Å². The number of hydrogen-bond acceptors (Lipinski definition) is 4. The van der Waals surface area contributed by atoms with E-state index < -0.39 is 10.0 Å². The van der Waals surface area contributed by atoms with Crippen LogP contribution in [0.15, 0.2) is 17.0 Å². The molecule has 0 aliphatic carbocycles. The fourth-order valence-electron chi connectivity index (χ4n) is 2.20. The van der Waals surface area contributed by atoms with Gasteiger partial charge in [-0.2, -0.15) is 4.31 Å². The average molecular weight is 270 g/mol. The maximum absolute atomic E-state index is 12.5. The molecule has 0 saturated carbocycles. The topological polar surface area (TPSA) is 83.6 Å². The Morgan fingerprint density at radius 3 is 2.56 bits per heavy atom. The molecule has 0 unspecified atom stereocenters. The van der Waals surface area contributed by atoms with Gasteiger partial charge in [0.1, 0.15) is 0 Å². The predicted octanol–water partition coefficient (Wildman–Crippen LogP) is 0.498. The molecule has 1 aromatic rings. The van der Waals surface area contributed by atoms with Crippen molar-refractivity contribution in [3.63, 3.8) is 0 Å². The highest BCUT2D eigenvalue weighted by Crippen LogP contribution is 2.31. The third-order valence-electron chi connectivity index (χ3n) is 3.42. The molecule has 1 aliphatic heterocycles. The van der Waals surface area contributed by atoms with E-state index in [1.165, 1.54) is 4.31 Å². The number of aliphatic hydroxyl groups is 1. The molecule has 3 N–H and O–H groups in total. The Hall–Kier alpha value is -1.11. The van der Waals surface area contributed by atoms with Crippen LogP contribution in [-0.4, -0.2) is 37.5 Å². The maximum atomic E-state index is 12.5. The van der Waals surface area contributed by atoms with Gasteiger partial charge in [-0.15, -0.1) is 0 Å². The number of hydrogen-bond donors (Lipinski definition) is 2. The number of benzene rings is 1. The van der Waals surface area contributed by atoms with E-state index in [1.807, 2.05) is 0 Å². The molecule has 18 heavy (non-hydrogen) atoms. The van der Waals surface area contributed by atoms with Crippen molar-refractivity contribution in [3.8, 4) is 0 Å². The van der Waals surface area contributed by atoms with Crippen LogP contribution in [0.25, 0.3) is 0 Å². The van der Waals surface area contributed by atoms with Crippen molar-refractivity contribution in [3.05, 3.63) is 23.3 Å². The number of aryl methyl sites for hydroxylation is 1. The maximum Gasteiger partial charge on any atom is 0.243 e. The molecule has 0 aromatic heterocycles. The molecule has 0 radical (unpaired) electrons. The Morgan fingerprint density at radius 1 is 1.39 bits per heavy atom. The number of anilines is 1. The van der Waals surface area contributed by atoms with Crippen molar-refractivity contribution in [2.75, 3.05) is 25.4 Å². The summed E-state index contributed by atoms with van der Waals surface area (Å²) in [6, 6.07) is 3.44. The van der Waals surface area contributed by atoms with E-state index in [9.17, 15) is 8.42 Å². The van der Waals surface area contributed by atoms with Gasteiger partial charge in [0.25, 0.3) is 0 Å². The van der Waals surface area contributed by atoms with Crippen LogP contribution in [0.2, 0.25) is 0 Å². The normalized spacial score (nSPS) is 17.7. The van der Waals surface area contributed by atoms with Crippen LogP contribution in [0.5, 0.6) is 0 Å². The van der Waals surface area contributed by atoms with Gasteiger partial charge in [0.2, 0.25) is 10.0 Å². The van der Waals surface area contributed by atoms with Crippen LogP contribution in [0.1, 0.15) is 11.1 Å². The first-order valence-electron chi connectivity index (χ1n) is 5.84. The van der Waals surface area contributed by atoms with Crippen molar-refractivity contribution in [1.82, 2.24) is 4.31 Å². The Kier molecular flexibility index (Phi) is 3.35. The molecule has 1 aromatic carbocycles. The number of rotatable bonds is 3. The summed E-state index contributed by atoms with van der Waals surface area (Å²) in [6.07, 6.45) is 0. The van der Waals surface area contributed by atoms with E-state index in [1.54, 1.807) is 26.0 Å². The first kappa shape index (κ1) is 13.3. The monoisotopic (exact) mass is 270 g/mol. The zero-order valence-corrected chi connectivity index (χ0v) is 11.4. The minimum Gasteiger partial charge on any atom is -0.398 e. The lowest BCUT2D eigenvalue weighted by Gasteiger charge is -2.37. The quantitative estimate of drug-likeness (QED) is 0.783. The second kappa shape index (κ2) is 4.53. The van der Waals surface area contributed by atoms with Gasteiger partial charge in [0, 0.05) is 31.3 Å². The van der Waals surface area contributed by atoms with E-state index in [0.29, 0.717) is 34.8 Å². The van der Waals surface area contributed by atoms with Gasteiger partial charge < -0.3 is 10.8 Å². The van der Waals surface area contributed by atoms with Crippen LogP contribution in [0.3, 0.4) is 0 Å². The lowest BCUT2D eigenvalue weighted by Crippen LogP contribution is -2.51. The predicted molar refractivity (Wildman–Crippen MR) is 69.7 cm³/mol. The Bertz CT molecular complexity index is 563. The zero-order chi connectivity index (χ0) is 13.5. The molecule has 0 atom stereocenters. The minimum absolute atomic E-state index is 0.0287. The molecular weight excluding hydrogens is 252 g/mol. The average Bonchev–Trinajstić information content (AvgIpc) is 2.22. The second-order valence-electron chi connectivity index (χ2n) is 4.80. The van der Waals surface area contributed by atoms with E-state index in [2.05, 4.69) is 0 Å². The summed E-state index contributed by atoms with van der Waals surface area (Å²) in [5.41, 5.74) is 7.56. The van der Waals surface area contributed by atoms with Crippen molar-refractivity contribution >= 4 is 15.7 Å². The van der Waals surface area contributed by atoms with E-state index in [4.69, 9.17) is 10.8 Å². The van der Waals surface area contributed by atoms with Gasteiger partial charge in [-0.25, -0.2) is 8.42 Å². The van der Waals surface area contributed by atoms with Crippen molar-refractivity contribution in [2.24, 2.45) is 5.92 Å². The summed E-state index contributed by atoms with van der Waals surface area (Å²) in [5.74, 6) is 0.0569. The van der Waals surface area contributed by atoms with Gasteiger partial charge in [0.05, 0.1) is 4.90 Å². The van der Waals surface area contributed by atoms with Crippen LogP contribution in [-0.2, 0) is 10.0 Å². The molecule has 6 heteroatoms. The van der Waals surface area contributed by atoms with E-state index in [0.717, 1.165) is 0 Å². The van der Waals surface area contributed by atoms with Gasteiger partial charge in [0.15, 0.2) is 0 Å². The highest BCUT2D eigenvalue weighted by Gasteiger charge is 2.37. The van der Waals surface area contributed by atoms with Crippen LogP contribution >= 0.6 is 0 Å². The summed E-state index contributed by atoms with van der Waals surface area (Å²) >= 11 is 0. The molecule has 0 bridgehead atoms. The number of nitrogens with two attached hydrogens (primary N) is 1. The first-order chi connectivity index (χ1) is 8.37. The number of nitrogens with zero attached hydrogens (tertiary/aromatic N) is 1. The van der Waals surface area contributed by atoms with Crippen molar-refractivity contribution in [1.29, 1.82) is 0 Å². The molecule has 0 spiro atoms. The number of aliphatic hydroxyl groups excluding tert-OH is 1. The summed E-state index contributed by atoms with van der Waals surface area (Å²) in [4.78, 5) is 0.305. The molecule has 1 saturated heterocycles. The van der Waals surface area contributed by atoms with Gasteiger partial charge in [-0.05, 0) is 31.0 Å². The third kappa shape index (κ3) is 2.00. The lowest BCUT2D eigenvalue weighted by molar-refractivity contribution is 0.117. The number of nitrogen functional groups attached to an aromatic ring is 1. The summed E-state index contributed by atoms with van der Waals surface area (Å²) in [5, 5.41) is 8.95. The van der Waals surface area contributed by atoms with E-state index >= 15 is 0 Å². The highest BCUT2D eigenvalue weighted by atomic mass is 32.2. The Labute approximate surface area is 107 Å².